The van der Waals surface area contributed by atoms with E-state index in [1.165, 1.54) is 11.6 Å². The second-order valence-corrected chi connectivity index (χ2v) is 7.37. The van der Waals surface area contributed by atoms with Crippen LogP contribution in [0.5, 0.6) is 0 Å². The predicted octanol–water partition coefficient (Wildman–Crippen LogP) is 2.92. The van der Waals surface area contributed by atoms with Crippen LogP contribution in [0.4, 0.5) is 4.39 Å². The van der Waals surface area contributed by atoms with E-state index in [9.17, 15) is 9.18 Å². The number of halogens is 1. The van der Waals surface area contributed by atoms with Crippen LogP contribution in [-0.4, -0.2) is 46.9 Å². The Bertz CT molecular complexity index is 889. The number of H-pyrrole nitrogens is 1. The van der Waals surface area contributed by atoms with Crippen molar-refractivity contribution >= 4 is 16.8 Å². The van der Waals surface area contributed by atoms with E-state index in [-0.39, 0.29) is 17.3 Å². The van der Waals surface area contributed by atoms with Gasteiger partial charge in [-0.2, -0.15) is 5.26 Å². The zero-order chi connectivity index (χ0) is 18.3. The molecule has 2 aliphatic rings. The SMILES string of the molecule is CC(=O)N1CCc2c([nH]c3cc(F)ccc23)C12CCN(CCC#N)CC2. The highest BCUT2D eigenvalue weighted by Gasteiger charge is 2.47. The number of aromatic nitrogens is 1. The lowest BCUT2D eigenvalue weighted by molar-refractivity contribution is -0.139. The minimum Gasteiger partial charge on any atom is -0.356 e. The third-order valence-electron chi connectivity index (χ3n) is 6.04. The molecule has 0 aliphatic carbocycles. The number of fused-ring (bicyclic) bond motifs is 4. The third-order valence-corrected chi connectivity index (χ3v) is 6.04. The van der Waals surface area contributed by atoms with E-state index in [2.05, 4.69) is 16.0 Å². The van der Waals surface area contributed by atoms with Crippen molar-refractivity contribution in [1.29, 1.82) is 5.26 Å². The summed E-state index contributed by atoms with van der Waals surface area (Å²) in [4.78, 5) is 20.2. The molecule has 1 fully saturated rings. The highest BCUT2D eigenvalue weighted by molar-refractivity contribution is 5.86. The van der Waals surface area contributed by atoms with Gasteiger partial charge in [-0.25, -0.2) is 4.39 Å². The number of carbonyl (C=O) groups is 1. The van der Waals surface area contributed by atoms with Crippen molar-refractivity contribution in [2.24, 2.45) is 0 Å². The standard InChI is InChI=1S/C20H23FN4O/c1-14(26)25-10-5-17-16-4-3-15(21)13-18(16)23-19(17)20(25)6-11-24(12-7-20)9-2-8-22/h3-4,13,23H,2,5-7,9-12H2,1H3. The van der Waals surface area contributed by atoms with Crippen molar-refractivity contribution in [2.75, 3.05) is 26.2 Å². The van der Waals surface area contributed by atoms with E-state index in [1.807, 2.05) is 11.0 Å². The van der Waals surface area contributed by atoms with Gasteiger partial charge in [-0.05, 0) is 43.0 Å². The molecule has 26 heavy (non-hydrogen) atoms. The van der Waals surface area contributed by atoms with Crippen molar-refractivity contribution < 1.29 is 9.18 Å². The molecule has 1 spiro atoms. The van der Waals surface area contributed by atoms with Gasteiger partial charge in [-0.3, -0.25) is 4.79 Å². The number of rotatable bonds is 2. The van der Waals surface area contributed by atoms with Crippen LogP contribution in [0.3, 0.4) is 0 Å². The molecular weight excluding hydrogens is 331 g/mol. The molecule has 1 N–H and O–H groups in total. The van der Waals surface area contributed by atoms with E-state index < -0.39 is 0 Å². The lowest BCUT2D eigenvalue weighted by Crippen LogP contribution is -2.57. The van der Waals surface area contributed by atoms with Crippen LogP contribution in [0.15, 0.2) is 18.2 Å². The maximum absolute atomic E-state index is 13.7. The topological polar surface area (TPSA) is 63.1 Å². The Morgan fingerprint density at radius 1 is 1.35 bits per heavy atom. The molecule has 1 aromatic heterocycles. The first-order chi connectivity index (χ1) is 12.5. The summed E-state index contributed by atoms with van der Waals surface area (Å²) in [6.45, 7) is 4.82. The maximum Gasteiger partial charge on any atom is 0.220 e. The van der Waals surface area contributed by atoms with Crippen LogP contribution < -0.4 is 0 Å². The Hall–Kier alpha value is -2.39. The molecule has 6 heteroatoms. The van der Waals surface area contributed by atoms with Gasteiger partial charge in [-0.1, -0.05) is 0 Å². The minimum atomic E-state index is -0.349. The second-order valence-electron chi connectivity index (χ2n) is 7.37. The quantitative estimate of drug-likeness (QED) is 0.902. The highest BCUT2D eigenvalue weighted by atomic mass is 19.1. The number of carbonyl (C=O) groups excluding carboxylic acids is 1. The number of nitrogens with one attached hydrogen (secondary N) is 1. The van der Waals surface area contributed by atoms with Crippen molar-refractivity contribution in [3.63, 3.8) is 0 Å². The molecule has 2 aliphatic heterocycles. The summed E-state index contributed by atoms with van der Waals surface area (Å²) < 4.78 is 13.7. The summed E-state index contributed by atoms with van der Waals surface area (Å²) >= 11 is 0. The van der Waals surface area contributed by atoms with Gasteiger partial charge in [0.05, 0.1) is 11.6 Å². The fraction of sp³-hybridized carbons (Fsp3) is 0.500. The number of hydrogen-bond donors (Lipinski definition) is 1. The van der Waals surface area contributed by atoms with E-state index in [4.69, 9.17) is 5.26 Å². The first-order valence-electron chi connectivity index (χ1n) is 9.23. The highest BCUT2D eigenvalue weighted by Crippen LogP contribution is 2.45. The van der Waals surface area contributed by atoms with Crippen LogP contribution in [-0.2, 0) is 16.8 Å². The third kappa shape index (κ3) is 2.58. The predicted molar refractivity (Wildman–Crippen MR) is 96.9 cm³/mol. The first-order valence-corrected chi connectivity index (χ1v) is 9.23. The Morgan fingerprint density at radius 2 is 2.12 bits per heavy atom. The number of piperidine rings is 1. The van der Waals surface area contributed by atoms with E-state index in [0.29, 0.717) is 13.0 Å². The lowest BCUT2D eigenvalue weighted by atomic mass is 9.77. The smallest absolute Gasteiger partial charge is 0.220 e. The number of amides is 1. The van der Waals surface area contributed by atoms with Crippen molar-refractivity contribution in [2.45, 2.75) is 38.1 Å². The molecule has 2 aromatic rings. The van der Waals surface area contributed by atoms with Crippen LogP contribution in [0, 0.1) is 17.1 Å². The lowest BCUT2D eigenvalue weighted by Gasteiger charge is -2.51. The zero-order valence-corrected chi connectivity index (χ0v) is 15.0. The summed E-state index contributed by atoms with van der Waals surface area (Å²) in [6, 6.07) is 7.10. The summed E-state index contributed by atoms with van der Waals surface area (Å²) in [6.07, 6.45) is 2.99. The maximum atomic E-state index is 13.7. The summed E-state index contributed by atoms with van der Waals surface area (Å²) in [5.74, 6) is -0.161. The number of nitrogens with zero attached hydrogens (tertiary/aromatic N) is 3. The largest absolute Gasteiger partial charge is 0.356 e. The Morgan fingerprint density at radius 3 is 2.81 bits per heavy atom. The molecule has 1 amide bonds. The number of nitriles is 1. The molecular formula is C20H23FN4O. The van der Waals surface area contributed by atoms with E-state index >= 15 is 0 Å². The summed E-state index contributed by atoms with van der Waals surface area (Å²) in [5, 5.41) is 9.89. The van der Waals surface area contributed by atoms with Crippen molar-refractivity contribution in [1.82, 2.24) is 14.8 Å². The van der Waals surface area contributed by atoms with Gasteiger partial charge in [-0.15, -0.1) is 0 Å². The molecule has 136 valence electrons. The van der Waals surface area contributed by atoms with Crippen molar-refractivity contribution in [3.05, 3.63) is 35.3 Å². The zero-order valence-electron chi connectivity index (χ0n) is 15.0. The number of aromatic amines is 1. The van der Waals surface area contributed by atoms with Gasteiger partial charge in [0.25, 0.3) is 0 Å². The van der Waals surface area contributed by atoms with Crippen LogP contribution >= 0.6 is 0 Å². The number of benzene rings is 1. The fourth-order valence-electron chi connectivity index (χ4n) is 4.79. The summed E-state index contributed by atoms with van der Waals surface area (Å²) in [7, 11) is 0. The molecule has 1 saturated heterocycles. The average Bonchev–Trinajstić information content (AvgIpc) is 3.00. The van der Waals surface area contributed by atoms with Gasteiger partial charge in [0, 0.05) is 56.1 Å². The van der Waals surface area contributed by atoms with Gasteiger partial charge in [0.15, 0.2) is 0 Å². The molecule has 0 atom stereocenters. The van der Waals surface area contributed by atoms with E-state index in [1.54, 1.807) is 13.0 Å². The summed E-state index contributed by atoms with van der Waals surface area (Å²) in [5.41, 5.74) is 2.77. The Balaban J connectivity index is 1.76. The van der Waals surface area contributed by atoms with Gasteiger partial charge < -0.3 is 14.8 Å². The van der Waals surface area contributed by atoms with Crippen molar-refractivity contribution in [3.8, 4) is 6.07 Å². The molecule has 3 heterocycles. The van der Waals surface area contributed by atoms with Crippen LogP contribution in [0.25, 0.3) is 10.9 Å². The Kier molecular flexibility index (Phi) is 4.20. The average molecular weight is 354 g/mol. The van der Waals surface area contributed by atoms with Crippen LogP contribution in [0.1, 0.15) is 37.4 Å². The number of likely N-dealkylation sites (tertiary alicyclic amines) is 1. The minimum absolute atomic E-state index is 0.0889. The van der Waals surface area contributed by atoms with Crippen LogP contribution in [0.2, 0.25) is 0 Å². The molecule has 5 nitrogen and oxygen atoms in total. The van der Waals surface area contributed by atoms with Gasteiger partial charge in [0.2, 0.25) is 5.91 Å². The molecule has 4 rings (SSSR count). The van der Waals surface area contributed by atoms with Gasteiger partial charge >= 0.3 is 0 Å². The molecule has 0 radical (unpaired) electrons. The molecule has 0 unspecified atom stereocenters. The number of hydrogen-bond acceptors (Lipinski definition) is 3. The molecule has 0 saturated carbocycles. The molecule has 1 aromatic carbocycles. The first kappa shape index (κ1) is 17.0. The molecule has 0 bridgehead atoms. The Labute approximate surface area is 152 Å². The van der Waals surface area contributed by atoms with Gasteiger partial charge in [0.1, 0.15) is 5.82 Å². The van der Waals surface area contributed by atoms with E-state index in [0.717, 1.165) is 55.5 Å². The monoisotopic (exact) mass is 354 g/mol. The fourth-order valence-corrected chi connectivity index (χ4v) is 4.79. The second kappa shape index (κ2) is 6.40. The normalized spacial score (nSPS) is 19.5.